The minimum absolute atomic E-state index is 0.201. The molecule has 0 aliphatic heterocycles. The zero-order valence-electron chi connectivity index (χ0n) is 13.8. The molecule has 24 heavy (non-hydrogen) atoms. The molecule has 2 aromatic rings. The molecule has 0 aromatic heterocycles. The number of hydrogen-bond acceptors (Lipinski definition) is 3. The quantitative estimate of drug-likeness (QED) is 0.845. The lowest BCUT2D eigenvalue weighted by Crippen LogP contribution is -2.47. The van der Waals surface area contributed by atoms with Crippen LogP contribution in [0.5, 0.6) is 0 Å². The summed E-state index contributed by atoms with van der Waals surface area (Å²) in [5.41, 5.74) is 8.24. The summed E-state index contributed by atoms with van der Waals surface area (Å²) >= 11 is 0. The van der Waals surface area contributed by atoms with Gasteiger partial charge in [0.05, 0.1) is 17.3 Å². The van der Waals surface area contributed by atoms with Crippen LogP contribution in [0.15, 0.2) is 60.7 Å². The highest BCUT2D eigenvalue weighted by molar-refractivity contribution is 7.90. The maximum absolute atomic E-state index is 12.8. The summed E-state index contributed by atoms with van der Waals surface area (Å²) < 4.78 is 28.4. The monoisotopic (exact) mass is 344 g/mol. The van der Waals surface area contributed by atoms with E-state index < -0.39 is 22.1 Å². The Morgan fingerprint density at radius 3 is 1.96 bits per heavy atom. The largest absolute Gasteiger partial charge is 0.322 e. The maximum Gasteiger partial charge on any atom is 0.215 e. The summed E-state index contributed by atoms with van der Waals surface area (Å²) in [6.45, 7) is 1.99. The Morgan fingerprint density at radius 1 is 0.958 bits per heavy atom. The van der Waals surface area contributed by atoms with Crippen LogP contribution in [-0.4, -0.2) is 13.7 Å². The van der Waals surface area contributed by atoms with Crippen molar-refractivity contribution in [2.24, 2.45) is 11.7 Å². The van der Waals surface area contributed by atoms with E-state index in [1.165, 1.54) is 0 Å². The van der Waals surface area contributed by atoms with Crippen LogP contribution in [0.4, 0.5) is 0 Å². The van der Waals surface area contributed by atoms with Gasteiger partial charge in [0.15, 0.2) is 0 Å². The zero-order chi connectivity index (χ0) is 17.2. The predicted molar refractivity (Wildman–Crippen MR) is 96.8 cm³/mol. The van der Waals surface area contributed by atoms with Crippen LogP contribution in [0.2, 0.25) is 0 Å². The van der Waals surface area contributed by atoms with E-state index in [-0.39, 0.29) is 11.2 Å². The molecule has 4 atom stereocenters. The molecule has 0 amide bonds. The Labute approximate surface area is 144 Å². The van der Waals surface area contributed by atoms with Crippen molar-refractivity contribution in [1.29, 1.82) is 0 Å². The first kappa shape index (κ1) is 17.1. The van der Waals surface area contributed by atoms with Gasteiger partial charge < -0.3 is 5.73 Å². The molecule has 128 valence electrons. The van der Waals surface area contributed by atoms with E-state index in [1.54, 1.807) is 0 Å². The molecule has 3 rings (SSSR count). The number of nitrogens with two attached hydrogens (primary N) is 1. The van der Waals surface area contributed by atoms with Crippen molar-refractivity contribution in [2.75, 3.05) is 0 Å². The van der Waals surface area contributed by atoms with Gasteiger partial charge in [-0.3, -0.25) is 0 Å². The van der Waals surface area contributed by atoms with E-state index >= 15 is 0 Å². The molecule has 5 heteroatoms. The fourth-order valence-electron chi connectivity index (χ4n) is 3.24. The number of nitrogens with one attached hydrogen (secondary N) is 1. The number of hydrogen-bond donors (Lipinski definition) is 2. The molecule has 0 bridgehead atoms. The van der Waals surface area contributed by atoms with Gasteiger partial charge in [-0.15, -0.1) is 0 Å². The first-order chi connectivity index (χ1) is 11.5. The first-order valence-corrected chi connectivity index (χ1v) is 9.90. The summed E-state index contributed by atoms with van der Waals surface area (Å²) in [7, 11) is -3.40. The Hall–Kier alpha value is -1.69. The number of rotatable bonds is 6. The van der Waals surface area contributed by atoms with Gasteiger partial charge in [0.1, 0.15) is 0 Å². The van der Waals surface area contributed by atoms with Crippen LogP contribution in [0.25, 0.3) is 0 Å². The van der Waals surface area contributed by atoms with Gasteiger partial charge in [-0.05, 0) is 29.9 Å². The molecule has 1 aliphatic rings. The molecule has 1 unspecified atom stereocenters. The number of benzene rings is 2. The molecule has 3 N–H and O–H groups in total. The molecule has 1 fully saturated rings. The molecule has 0 saturated heterocycles. The van der Waals surface area contributed by atoms with Crippen LogP contribution in [0, 0.1) is 5.92 Å². The maximum atomic E-state index is 12.8. The summed E-state index contributed by atoms with van der Waals surface area (Å²) in [5.74, 6) is 0.201. The molecule has 0 heterocycles. The molecule has 1 saturated carbocycles. The normalized spacial score (nSPS) is 23.2. The van der Waals surface area contributed by atoms with Crippen LogP contribution < -0.4 is 10.5 Å². The predicted octanol–water partition coefficient (Wildman–Crippen LogP) is 3.15. The third-order valence-corrected chi connectivity index (χ3v) is 7.01. The van der Waals surface area contributed by atoms with Crippen LogP contribution >= 0.6 is 0 Å². The first-order valence-electron chi connectivity index (χ1n) is 8.35. The Bertz CT molecular complexity index is 762. The van der Waals surface area contributed by atoms with Gasteiger partial charge in [0.2, 0.25) is 10.0 Å². The molecule has 1 aliphatic carbocycles. The van der Waals surface area contributed by atoms with Crippen LogP contribution in [-0.2, 0) is 10.0 Å². The van der Waals surface area contributed by atoms with Crippen molar-refractivity contribution in [3.63, 3.8) is 0 Å². The van der Waals surface area contributed by atoms with Crippen LogP contribution in [0.1, 0.15) is 43.0 Å². The zero-order valence-corrected chi connectivity index (χ0v) is 14.6. The summed E-state index contributed by atoms with van der Waals surface area (Å²) in [5, 5.41) is -0.313. The van der Waals surface area contributed by atoms with E-state index in [0.717, 1.165) is 24.0 Å². The van der Waals surface area contributed by atoms with Crippen molar-refractivity contribution in [2.45, 2.75) is 37.1 Å². The summed E-state index contributed by atoms with van der Waals surface area (Å²) in [6, 6.07) is 18.2. The SMILES string of the molecule is C[C@H]1CCC1S(=O)(=O)N[C@@H](c1ccccc1)[C@@H](N)c1ccccc1. The fourth-order valence-corrected chi connectivity index (χ4v) is 5.24. The second kappa shape index (κ2) is 7.05. The summed E-state index contributed by atoms with van der Waals surface area (Å²) in [4.78, 5) is 0. The highest BCUT2D eigenvalue weighted by Gasteiger charge is 2.40. The fraction of sp³-hybridized carbons (Fsp3) is 0.368. The third-order valence-electron chi connectivity index (χ3n) is 4.93. The minimum atomic E-state index is -3.40. The molecular formula is C19H24N2O2S. The van der Waals surface area contributed by atoms with Crippen molar-refractivity contribution < 1.29 is 8.42 Å². The van der Waals surface area contributed by atoms with E-state index in [2.05, 4.69) is 4.72 Å². The van der Waals surface area contributed by atoms with Crippen molar-refractivity contribution in [3.05, 3.63) is 71.8 Å². The lowest BCUT2D eigenvalue weighted by atomic mass is 9.87. The van der Waals surface area contributed by atoms with Gasteiger partial charge in [-0.1, -0.05) is 67.6 Å². The van der Waals surface area contributed by atoms with Gasteiger partial charge in [-0.2, -0.15) is 0 Å². The van der Waals surface area contributed by atoms with Crippen molar-refractivity contribution >= 4 is 10.0 Å². The molecular weight excluding hydrogens is 320 g/mol. The molecule has 4 nitrogen and oxygen atoms in total. The lowest BCUT2D eigenvalue weighted by molar-refractivity contribution is 0.338. The Morgan fingerprint density at radius 2 is 1.50 bits per heavy atom. The van der Waals surface area contributed by atoms with Crippen molar-refractivity contribution in [1.82, 2.24) is 4.72 Å². The van der Waals surface area contributed by atoms with Gasteiger partial charge in [-0.25, -0.2) is 13.1 Å². The van der Waals surface area contributed by atoms with Gasteiger partial charge in [0.25, 0.3) is 0 Å². The summed E-state index contributed by atoms with van der Waals surface area (Å²) in [6.07, 6.45) is 1.69. The standard InChI is InChI=1S/C19H24N2O2S/c1-14-12-13-17(14)24(22,23)21-19(16-10-6-3-7-11-16)18(20)15-8-4-2-5-9-15/h2-11,14,17-19,21H,12-13,20H2,1H3/t14-,17?,18-,19-/m0/s1. The molecule has 0 spiro atoms. The van der Waals surface area contributed by atoms with Crippen LogP contribution in [0.3, 0.4) is 0 Å². The smallest absolute Gasteiger partial charge is 0.215 e. The van der Waals surface area contributed by atoms with Crippen molar-refractivity contribution in [3.8, 4) is 0 Å². The van der Waals surface area contributed by atoms with E-state index in [4.69, 9.17) is 5.73 Å². The van der Waals surface area contributed by atoms with E-state index in [9.17, 15) is 8.42 Å². The van der Waals surface area contributed by atoms with Gasteiger partial charge >= 0.3 is 0 Å². The Balaban J connectivity index is 1.91. The highest BCUT2D eigenvalue weighted by Crippen LogP contribution is 2.35. The number of sulfonamides is 1. The third kappa shape index (κ3) is 3.53. The Kier molecular flexibility index (Phi) is 5.04. The topological polar surface area (TPSA) is 72.2 Å². The molecule has 0 radical (unpaired) electrons. The second-order valence-electron chi connectivity index (χ2n) is 6.58. The second-order valence-corrected chi connectivity index (χ2v) is 8.51. The average molecular weight is 344 g/mol. The minimum Gasteiger partial charge on any atom is -0.322 e. The molecule has 2 aromatic carbocycles. The average Bonchev–Trinajstić information content (AvgIpc) is 2.59. The van der Waals surface area contributed by atoms with E-state index in [1.807, 2.05) is 67.6 Å². The van der Waals surface area contributed by atoms with Gasteiger partial charge in [0, 0.05) is 0 Å². The lowest BCUT2D eigenvalue weighted by Gasteiger charge is -2.35. The highest BCUT2D eigenvalue weighted by atomic mass is 32.2. The van der Waals surface area contributed by atoms with E-state index in [0.29, 0.717) is 0 Å².